The lowest BCUT2D eigenvalue weighted by atomic mass is 9.86. The number of hydrogen-bond acceptors (Lipinski definition) is 4. The first kappa shape index (κ1) is 15.0. The Bertz CT molecular complexity index is 452. The summed E-state index contributed by atoms with van der Waals surface area (Å²) in [6.45, 7) is 5.82. The van der Waals surface area contributed by atoms with Gasteiger partial charge in [0.05, 0.1) is 11.5 Å². The SMILES string of the molecule is CCSc1cc(C(C)(C)C#N)ccc1C(O)OC. The van der Waals surface area contributed by atoms with E-state index < -0.39 is 11.7 Å². The van der Waals surface area contributed by atoms with Crippen molar-refractivity contribution in [3.8, 4) is 6.07 Å². The van der Waals surface area contributed by atoms with E-state index >= 15 is 0 Å². The van der Waals surface area contributed by atoms with Crippen molar-refractivity contribution in [2.75, 3.05) is 12.9 Å². The third-order valence-electron chi connectivity index (χ3n) is 2.80. The maximum atomic E-state index is 9.79. The quantitative estimate of drug-likeness (QED) is 0.656. The molecule has 0 saturated heterocycles. The van der Waals surface area contributed by atoms with Crippen LogP contribution in [-0.4, -0.2) is 18.0 Å². The van der Waals surface area contributed by atoms with Crippen molar-refractivity contribution in [2.45, 2.75) is 37.4 Å². The number of hydrogen-bond donors (Lipinski definition) is 1. The Balaban J connectivity index is 3.23. The van der Waals surface area contributed by atoms with Gasteiger partial charge in [0.2, 0.25) is 0 Å². The second kappa shape index (κ2) is 6.24. The van der Waals surface area contributed by atoms with Crippen molar-refractivity contribution < 1.29 is 9.84 Å². The van der Waals surface area contributed by atoms with E-state index in [0.29, 0.717) is 0 Å². The van der Waals surface area contributed by atoms with Crippen LogP contribution in [0.1, 0.15) is 38.2 Å². The van der Waals surface area contributed by atoms with Gasteiger partial charge in [0.1, 0.15) is 0 Å². The van der Waals surface area contributed by atoms with Crippen molar-refractivity contribution in [1.29, 1.82) is 5.26 Å². The van der Waals surface area contributed by atoms with Crippen LogP contribution in [0.5, 0.6) is 0 Å². The van der Waals surface area contributed by atoms with Gasteiger partial charge in [-0.3, -0.25) is 0 Å². The molecule has 0 bridgehead atoms. The predicted octanol–water partition coefficient (Wildman–Crippen LogP) is 3.24. The average Bonchev–Trinajstić information content (AvgIpc) is 2.38. The molecule has 1 aromatic carbocycles. The molecule has 1 N–H and O–H groups in total. The fourth-order valence-electron chi connectivity index (χ4n) is 1.60. The Morgan fingerprint density at radius 1 is 1.50 bits per heavy atom. The minimum atomic E-state index is -0.918. The minimum absolute atomic E-state index is 0.528. The second-order valence-corrected chi connectivity index (χ2v) is 5.82. The van der Waals surface area contributed by atoms with Crippen LogP contribution in [0.25, 0.3) is 0 Å². The van der Waals surface area contributed by atoms with Gasteiger partial charge in [-0.1, -0.05) is 19.1 Å². The average molecular weight is 265 g/mol. The summed E-state index contributed by atoms with van der Waals surface area (Å²) in [7, 11) is 1.47. The van der Waals surface area contributed by atoms with Gasteiger partial charge in [-0.2, -0.15) is 5.26 Å². The van der Waals surface area contributed by atoms with Crippen molar-refractivity contribution >= 4 is 11.8 Å². The van der Waals surface area contributed by atoms with Crippen LogP contribution >= 0.6 is 11.8 Å². The zero-order valence-corrected chi connectivity index (χ0v) is 12.0. The van der Waals surface area contributed by atoms with E-state index in [2.05, 4.69) is 13.0 Å². The monoisotopic (exact) mass is 265 g/mol. The maximum absolute atomic E-state index is 9.79. The predicted molar refractivity (Wildman–Crippen MR) is 73.4 cm³/mol. The molecule has 1 atom stereocenters. The molecule has 1 aromatic rings. The summed E-state index contributed by atoms with van der Waals surface area (Å²) in [5.41, 5.74) is 1.18. The van der Waals surface area contributed by atoms with Crippen LogP contribution in [0.15, 0.2) is 23.1 Å². The van der Waals surface area contributed by atoms with Crippen LogP contribution in [0.4, 0.5) is 0 Å². The zero-order chi connectivity index (χ0) is 13.8. The van der Waals surface area contributed by atoms with Gasteiger partial charge in [-0.05, 0) is 31.2 Å². The summed E-state index contributed by atoms with van der Waals surface area (Å²) in [6.07, 6.45) is -0.918. The third kappa shape index (κ3) is 3.26. The summed E-state index contributed by atoms with van der Waals surface area (Å²) in [4.78, 5) is 0.965. The molecule has 0 aromatic heterocycles. The number of thioether (sulfide) groups is 1. The molecule has 0 saturated carbocycles. The molecule has 1 unspecified atom stereocenters. The zero-order valence-electron chi connectivity index (χ0n) is 11.2. The molecule has 0 aliphatic carbocycles. The van der Waals surface area contributed by atoms with Crippen LogP contribution in [0.2, 0.25) is 0 Å². The molecule has 0 aliphatic heterocycles. The topological polar surface area (TPSA) is 53.2 Å². The molecule has 98 valence electrons. The fourth-order valence-corrected chi connectivity index (χ4v) is 2.46. The van der Waals surface area contributed by atoms with E-state index in [1.165, 1.54) is 7.11 Å². The van der Waals surface area contributed by atoms with Crippen LogP contribution in [0, 0.1) is 11.3 Å². The number of aliphatic hydroxyl groups excluding tert-OH is 1. The highest BCUT2D eigenvalue weighted by molar-refractivity contribution is 7.99. The second-order valence-electron chi connectivity index (χ2n) is 4.51. The molecular weight excluding hydrogens is 246 g/mol. The van der Waals surface area contributed by atoms with Gasteiger partial charge in [-0.15, -0.1) is 11.8 Å². The molecule has 18 heavy (non-hydrogen) atoms. The molecule has 0 aliphatic rings. The Morgan fingerprint density at radius 3 is 2.67 bits per heavy atom. The number of benzene rings is 1. The van der Waals surface area contributed by atoms with E-state index in [0.717, 1.165) is 21.8 Å². The lowest BCUT2D eigenvalue weighted by Crippen LogP contribution is -2.14. The van der Waals surface area contributed by atoms with Gasteiger partial charge < -0.3 is 9.84 Å². The van der Waals surface area contributed by atoms with Gasteiger partial charge in [0.15, 0.2) is 6.29 Å². The van der Waals surface area contributed by atoms with Crippen LogP contribution < -0.4 is 0 Å². The number of nitrogens with zero attached hydrogens (tertiary/aromatic N) is 1. The highest BCUT2D eigenvalue weighted by Gasteiger charge is 2.22. The molecule has 0 spiro atoms. The molecular formula is C14H19NO2S. The molecule has 0 heterocycles. The largest absolute Gasteiger partial charge is 0.364 e. The smallest absolute Gasteiger partial charge is 0.181 e. The highest BCUT2D eigenvalue weighted by atomic mass is 32.2. The normalized spacial score (nSPS) is 13.1. The fraction of sp³-hybridized carbons (Fsp3) is 0.500. The molecule has 1 rings (SSSR count). The van der Waals surface area contributed by atoms with Gasteiger partial charge >= 0.3 is 0 Å². The summed E-state index contributed by atoms with van der Waals surface area (Å²) >= 11 is 1.64. The van der Waals surface area contributed by atoms with E-state index in [-0.39, 0.29) is 0 Å². The number of aliphatic hydroxyl groups is 1. The number of rotatable bonds is 5. The first-order valence-electron chi connectivity index (χ1n) is 5.85. The van der Waals surface area contributed by atoms with Gasteiger partial charge in [0.25, 0.3) is 0 Å². The molecule has 0 radical (unpaired) electrons. The first-order chi connectivity index (χ1) is 8.46. The number of nitriles is 1. The van der Waals surface area contributed by atoms with E-state index in [4.69, 9.17) is 10.00 Å². The first-order valence-corrected chi connectivity index (χ1v) is 6.84. The maximum Gasteiger partial charge on any atom is 0.181 e. The van der Waals surface area contributed by atoms with Crippen LogP contribution in [0.3, 0.4) is 0 Å². The number of ether oxygens (including phenoxy) is 1. The standard InChI is InChI=1S/C14H19NO2S/c1-5-18-12-8-10(14(2,3)9-15)6-7-11(12)13(16)17-4/h6-8,13,16H,5H2,1-4H3. The summed E-state index contributed by atoms with van der Waals surface area (Å²) in [5, 5.41) is 18.9. The summed E-state index contributed by atoms with van der Waals surface area (Å²) in [5.74, 6) is 0.903. The summed E-state index contributed by atoms with van der Waals surface area (Å²) in [6, 6.07) is 7.96. The van der Waals surface area contributed by atoms with Gasteiger partial charge in [0, 0.05) is 17.6 Å². The molecule has 3 nitrogen and oxygen atoms in total. The molecule has 0 fully saturated rings. The lowest BCUT2D eigenvalue weighted by Gasteiger charge is -2.20. The van der Waals surface area contributed by atoms with Crippen LogP contribution in [-0.2, 0) is 10.2 Å². The van der Waals surface area contributed by atoms with Crippen molar-refractivity contribution in [1.82, 2.24) is 0 Å². The van der Waals surface area contributed by atoms with E-state index in [1.54, 1.807) is 11.8 Å². The van der Waals surface area contributed by atoms with Crippen molar-refractivity contribution in [3.05, 3.63) is 29.3 Å². The summed E-state index contributed by atoms with van der Waals surface area (Å²) < 4.78 is 4.95. The Labute approximate surface area is 113 Å². The highest BCUT2D eigenvalue weighted by Crippen LogP contribution is 2.32. The van der Waals surface area contributed by atoms with E-state index in [9.17, 15) is 5.11 Å². The Hall–Kier alpha value is -1.02. The lowest BCUT2D eigenvalue weighted by molar-refractivity contribution is -0.0787. The Morgan fingerprint density at radius 2 is 2.17 bits per heavy atom. The molecule has 0 amide bonds. The molecule has 4 heteroatoms. The third-order valence-corrected chi connectivity index (χ3v) is 3.76. The number of methoxy groups -OCH3 is 1. The van der Waals surface area contributed by atoms with Gasteiger partial charge in [-0.25, -0.2) is 0 Å². The van der Waals surface area contributed by atoms with E-state index in [1.807, 2.05) is 32.0 Å². The van der Waals surface area contributed by atoms with Crippen molar-refractivity contribution in [2.24, 2.45) is 0 Å². The minimum Gasteiger partial charge on any atom is -0.364 e. The Kier molecular flexibility index (Phi) is 5.21. The van der Waals surface area contributed by atoms with Crippen molar-refractivity contribution in [3.63, 3.8) is 0 Å².